The van der Waals surface area contributed by atoms with Crippen LogP contribution in [0.5, 0.6) is 11.5 Å². The van der Waals surface area contributed by atoms with Crippen LogP contribution in [-0.2, 0) is 0 Å². The van der Waals surface area contributed by atoms with Crippen LogP contribution in [0.1, 0.15) is 32.6 Å². The fourth-order valence-corrected chi connectivity index (χ4v) is 8.92. The Morgan fingerprint density at radius 1 is 0.385 bits per heavy atom. The molecule has 8 aromatic carbocycles. The summed E-state index contributed by atoms with van der Waals surface area (Å²) >= 11 is 0. The van der Waals surface area contributed by atoms with Gasteiger partial charge in [0.25, 0.3) is 0 Å². The van der Waals surface area contributed by atoms with Crippen molar-refractivity contribution >= 4 is 43.1 Å². The summed E-state index contributed by atoms with van der Waals surface area (Å²) in [5, 5.41) is 9.75. The van der Waals surface area contributed by atoms with E-state index >= 15 is 0 Å². The van der Waals surface area contributed by atoms with Crippen LogP contribution >= 0.6 is 0 Å². The molecule has 0 bridgehead atoms. The van der Waals surface area contributed by atoms with E-state index in [9.17, 15) is 0 Å². The van der Waals surface area contributed by atoms with Crippen molar-refractivity contribution in [2.24, 2.45) is 17.8 Å². The zero-order chi connectivity index (χ0) is 34.6. The summed E-state index contributed by atoms with van der Waals surface area (Å²) in [6, 6.07) is 53.4. The maximum atomic E-state index is 7.00. The zero-order valence-corrected chi connectivity index (χ0v) is 29.6. The van der Waals surface area contributed by atoms with E-state index in [2.05, 4.69) is 153 Å². The molecule has 52 heavy (non-hydrogen) atoms. The van der Waals surface area contributed by atoms with E-state index < -0.39 is 0 Å². The van der Waals surface area contributed by atoms with Gasteiger partial charge in [-0.3, -0.25) is 0 Å². The Morgan fingerprint density at radius 2 is 0.788 bits per heavy atom. The van der Waals surface area contributed by atoms with E-state index in [-0.39, 0.29) is 0 Å². The van der Waals surface area contributed by atoms with Gasteiger partial charge in [0.15, 0.2) is 0 Å². The first kappa shape index (κ1) is 31.2. The highest BCUT2D eigenvalue weighted by molar-refractivity contribution is 6.11. The molecule has 0 amide bonds. The van der Waals surface area contributed by atoms with Gasteiger partial charge in [-0.25, -0.2) is 0 Å². The second-order valence-electron chi connectivity index (χ2n) is 15.3. The lowest BCUT2D eigenvalue weighted by Crippen LogP contribution is -2.30. The molecule has 0 spiro atoms. The lowest BCUT2D eigenvalue weighted by atomic mass is 9.77. The predicted octanol–water partition coefficient (Wildman–Crippen LogP) is 13.5. The molecule has 2 heteroatoms. The highest BCUT2D eigenvalue weighted by Crippen LogP contribution is 2.48. The first-order chi connectivity index (χ1) is 25.6. The average molecular weight is 675 g/mol. The van der Waals surface area contributed by atoms with Gasteiger partial charge < -0.3 is 9.47 Å². The molecule has 2 nitrogen and oxygen atoms in total. The van der Waals surface area contributed by atoms with Crippen LogP contribution in [0.2, 0.25) is 0 Å². The SMILES string of the molecule is CC1CCC(C2COc3ccc4ccc(-c5ccc6ccccc6c5)cc4c3-c3c(ccc4ccc(-c5ccc6ccccc6c5)cc34)OC2)CC1. The molecule has 1 heterocycles. The van der Waals surface area contributed by atoms with Gasteiger partial charge in [-0.05, 0) is 126 Å². The van der Waals surface area contributed by atoms with E-state index in [0.29, 0.717) is 25.0 Å². The fraction of sp³-hybridized carbons (Fsp3) is 0.200. The Kier molecular flexibility index (Phi) is 7.71. The number of ether oxygens (including phenoxy) is 2. The normalized spacial score (nSPS) is 17.9. The lowest BCUT2D eigenvalue weighted by molar-refractivity contribution is 0.102. The lowest BCUT2D eigenvalue weighted by Gasteiger charge is -2.32. The zero-order valence-electron chi connectivity index (χ0n) is 29.6. The minimum Gasteiger partial charge on any atom is -0.492 e. The van der Waals surface area contributed by atoms with Crippen molar-refractivity contribution in [3.05, 3.63) is 146 Å². The smallest absolute Gasteiger partial charge is 0.127 e. The number of hydrogen-bond donors (Lipinski definition) is 0. The Morgan fingerprint density at radius 3 is 1.27 bits per heavy atom. The number of hydrogen-bond acceptors (Lipinski definition) is 2. The summed E-state index contributed by atoms with van der Waals surface area (Å²) < 4.78 is 14.0. The van der Waals surface area contributed by atoms with Crippen molar-refractivity contribution in [1.82, 2.24) is 0 Å². The molecular weight excluding hydrogens is 633 g/mol. The topological polar surface area (TPSA) is 18.5 Å². The number of rotatable bonds is 3. The van der Waals surface area contributed by atoms with Gasteiger partial charge in [-0.1, -0.05) is 129 Å². The molecule has 0 radical (unpaired) electrons. The molecule has 1 saturated carbocycles. The molecule has 1 aliphatic heterocycles. The molecular formula is C50H42O2. The molecule has 1 fully saturated rings. The van der Waals surface area contributed by atoms with Crippen molar-refractivity contribution < 1.29 is 9.47 Å². The van der Waals surface area contributed by atoms with Crippen LogP contribution in [0.25, 0.3) is 76.5 Å². The van der Waals surface area contributed by atoms with Gasteiger partial charge in [-0.15, -0.1) is 0 Å². The largest absolute Gasteiger partial charge is 0.492 e. The first-order valence-electron chi connectivity index (χ1n) is 19.0. The second kappa shape index (κ2) is 12.9. The van der Waals surface area contributed by atoms with Crippen LogP contribution in [0.4, 0.5) is 0 Å². The van der Waals surface area contributed by atoms with Gasteiger partial charge in [-0.2, -0.15) is 0 Å². The van der Waals surface area contributed by atoms with Crippen LogP contribution in [-0.4, -0.2) is 13.2 Å². The van der Waals surface area contributed by atoms with Crippen molar-refractivity contribution in [2.45, 2.75) is 32.6 Å². The summed E-state index contributed by atoms with van der Waals surface area (Å²) in [6.07, 6.45) is 5.08. The Bertz CT molecular complexity index is 2450. The van der Waals surface area contributed by atoms with Crippen LogP contribution in [0.15, 0.2) is 146 Å². The highest BCUT2D eigenvalue weighted by atomic mass is 16.5. The van der Waals surface area contributed by atoms with Gasteiger partial charge in [0, 0.05) is 17.0 Å². The highest BCUT2D eigenvalue weighted by Gasteiger charge is 2.30. The van der Waals surface area contributed by atoms with Gasteiger partial charge >= 0.3 is 0 Å². The van der Waals surface area contributed by atoms with E-state index in [1.165, 1.54) is 91.0 Å². The van der Waals surface area contributed by atoms with E-state index in [1.54, 1.807) is 0 Å². The van der Waals surface area contributed by atoms with Crippen molar-refractivity contribution in [3.63, 3.8) is 0 Å². The molecule has 254 valence electrons. The first-order valence-corrected chi connectivity index (χ1v) is 19.0. The third-order valence-electron chi connectivity index (χ3n) is 12.0. The molecule has 0 atom stereocenters. The third kappa shape index (κ3) is 5.58. The maximum absolute atomic E-state index is 7.00. The molecule has 0 saturated heterocycles. The van der Waals surface area contributed by atoms with E-state index in [1.807, 2.05) is 0 Å². The minimum atomic E-state index is 0.338. The fourth-order valence-electron chi connectivity index (χ4n) is 8.92. The summed E-state index contributed by atoms with van der Waals surface area (Å²) in [6.45, 7) is 3.72. The summed E-state index contributed by atoms with van der Waals surface area (Å²) in [5.41, 5.74) is 7.05. The van der Waals surface area contributed by atoms with Gasteiger partial charge in [0.2, 0.25) is 0 Å². The summed E-state index contributed by atoms with van der Waals surface area (Å²) in [4.78, 5) is 0. The standard InChI is InChI=1S/C50H42O2/c1-32-10-12-35(13-11-32)44-30-51-47-24-22-36-16-20-42(40-18-14-33-6-2-4-8-38(33)26-40)28-45(36)49(47)50-46-29-43(21-17-37(46)23-25-48(50)52-31-44)41-19-15-34-7-3-5-9-39(34)27-41/h2-9,14-29,32,35,44H,10-13,30-31H2,1H3. The molecule has 8 aromatic rings. The predicted molar refractivity (Wildman–Crippen MR) is 218 cm³/mol. The molecule has 1 aliphatic carbocycles. The molecule has 0 N–H and O–H groups in total. The summed E-state index contributed by atoms with van der Waals surface area (Å²) in [5.74, 6) is 3.63. The number of benzene rings is 8. The van der Waals surface area contributed by atoms with E-state index in [0.717, 1.165) is 28.5 Å². The molecule has 2 aliphatic rings. The third-order valence-corrected chi connectivity index (χ3v) is 12.0. The Hall–Kier alpha value is -5.60. The second-order valence-corrected chi connectivity index (χ2v) is 15.3. The molecule has 0 unspecified atom stereocenters. The van der Waals surface area contributed by atoms with Crippen LogP contribution < -0.4 is 9.47 Å². The van der Waals surface area contributed by atoms with Crippen LogP contribution in [0, 0.1) is 17.8 Å². The Labute approximate surface area is 305 Å². The molecule has 0 aromatic heterocycles. The Balaban J connectivity index is 1.19. The van der Waals surface area contributed by atoms with Crippen LogP contribution in [0.3, 0.4) is 0 Å². The monoisotopic (exact) mass is 674 g/mol. The molecule has 10 rings (SSSR count). The van der Waals surface area contributed by atoms with Crippen molar-refractivity contribution in [3.8, 4) is 44.9 Å². The minimum absolute atomic E-state index is 0.338. The van der Waals surface area contributed by atoms with Gasteiger partial charge in [0.1, 0.15) is 11.5 Å². The quantitative estimate of drug-likeness (QED) is 0.186. The number of fused-ring (bicyclic) bond motifs is 9. The average Bonchev–Trinajstić information content (AvgIpc) is 3.28. The summed E-state index contributed by atoms with van der Waals surface area (Å²) in [7, 11) is 0. The maximum Gasteiger partial charge on any atom is 0.127 e. The van der Waals surface area contributed by atoms with Gasteiger partial charge in [0.05, 0.1) is 13.2 Å². The van der Waals surface area contributed by atoms with Crippen molar-refractivity contribution in [1.29, 1.82) is 0 Å². The van der Waals surface area contributed by atoms with E-state index in [4.69, 9.17) is 9.47 Å². The van der Waals surface area contributed by atoms with Crippen molar-refractivity contribution in [2.75, 3.05) is 13.2 Å².